The quantitative estimate of drug-likeness (QED) is 0.758. The third-order valence-corrected chi connectivity index (χ3v) is 4.57. The van der Waals surface area contributed by atoms with E-state index < -0.39 is 0 Å². The molecule has 3 aromatic rings. The standard InChI is InChI=1S/C18H15ClN4O2/c19-12-1-4-14(5-2-12)23-9-11(7-17(23)24)18(25)22-13-3-6-15-16(8-13)21-10-20-15/h1-6,8,10-11H,7,9H2,(H,20,21)(H,22,25). The van der Waals surface area contributed by atoms with E-state index in [0.717, 1.165) is 16.7 Å². The number of anilines is 2. The number of hydrogen-bond acceptors (Lipinski definition) is 3. The first kappa shape index (κ1) is 15.7. The zero-order valence-corrected chi connectivity index (χ0v) is 14.0. The van der Waals surface area contributed by atoms with Gasteiger partial charge in [-0.15, -0.1) is 0 Å². The molecule has 2 aromatic carbocycles. The second-order valence-electron chi connectivity index (χ2n) is 6.01. The molecule has 1 fully saturated rings. The van der Waals surface area contributed by atoms with Gasteiger partial charge in [0.05, 0.1) is 23.3 Å². The largest absolute Gasteiger partial charge is 0.345 e. The molecular formula is C18H15ClN4O2. The number of nitrogens with one attached hydrogen (secondary N) is 2. The summed E-state index contributed by atoms with van der Waals surface area (Å²) in [6.07, 6.45) is 1.80. The van der Waals surface area contributed by atoms with Crippen LogP contribution >= 0.6 is 11.6 Å². The van der Waals surface area contributed by atoms with E-state index in [-0.39, 0.29) is 24.2 Å². The van der Waals surface area contributed by atoms with Crippen LogP contribution < -0.4 is 10.2 Å². The molecule has 1 aromatic heterocycles. The SMILES string of the molecule is O=C(Nc1ccc2nc[nH]c2c1)C1CC(=O)N(c2ccc(Cl)cc2)C1. The van der Waals surface area contributed by atoms with E-state index in [0.29, 0.717) is 17.3 Å². The number of aromatic amines is 1. The van der Waals surface area contributed by atoms with Crippen molar-refractivity contribution in [2.45, 2.75) is 6.42 Å². The van der Waals surface area contributed by atoms with Gasteiger partial charge in [-0.2, -0.15) is 0 Å². The molecule has 0 aliphatic carbocycles. The number of nitrogens with zero attached hydrogens (tertiary/aromatic N) is 2. The van der Waals surface area contributed by atoms with Crippen LogP contribution in [0.4, 0.5) is 11.4 Å². The average molecular weight is 355 g/mol. The molecule has 25 heavy (non-hydrogen) atoms. The molecule has 2 amide bonds. The van der Waals surface area contributed by atoms with E-state index in [4.69, 9.17) is 11.6 Å². The van der Waals surface area contributed by atoms with E-state index in [1.54, 1.807) is 41.6 Å². The molecule has 1 aliphatic rings. The summed E-state index contributed by atoms with van der Waals surface area (Å²) in [5.41, 5.74) is 3.12. The second-order valence-corrected chi connectivity index (χ2v) is 6.44. The molecule has 126 valence electrons. The van der Waals surface area contributed by atoms with Gasteiger partial charge in [-0.05, 0) is 42.5 Å². The van der Waals surface area contributed by atoms with Crippen LogP contribution in [0.3, 0.4) is 0 Å². The monoisotopic (exact) mass is 354 g/mol. The molecule has 7 heteroatoms. The van der Waals surface area contributed by atoms with Crippen molar-refractivity contribution in [1.29, 1.82) is 0 Å². The highest BCUT2D eigenvalue weighted by Crippen LogP contribution is 2.27. The minimum atomic E-state index is -0.388. The molecule has 0 saturated carbocycles. The summed E-state index contributed by atoms with van der Waals surface area (Å²) in [4.78, 5) is 33.6. The smallest absolute Gasteiger partial charge is 0.229 e. The van der Waals surface area contributed by atoms with Gasteiger partial charge in [-0.3, -0.25) is 9.59 Å². The molecule has 1 atom stereocenters. The number of H-pyrrole nitrogens is 1. The highest BCUT2D eigenvalue weighted by molar-refractivity contribution is 6.30. The van der Waals surface area contributed by atoms with Gasteiger partial charge in [-0.1, -0.05) is 11.6 Å². The fraction of sp³-hybridized carbons (Fsp3) is 0.167. The predicted octanol–water partition coefficient (Wildman–Crippen LogP) is 3.21. The average Bonchev–Trinajstić information content (AvgIpc) is 3.22. The first-order valence-electron chi connectivity index (χ1n) is 7.90. The Balaban J connectivity index is 1.47. The van der Waals surface area contributed by atoms with Gasteiger partial charge in [0.2, 0.25) is 11.8 Å². The van der Waals surface area contributed by atoms with Crippen LogP contribution in [-0.2, 0) is 9.59 Å². The maximum absolute atomic E-state index is 12.5. The number of amides is 2. The fourth-order valence-corrected chi connectivity index (χ4v) is 3.14. The van der Waals surface area contributed by atoms with Crippen LogP contribution in [0.1, 0.15) is 6.42 Å². The molecule has 1 aliphatic heterocycles. The number of halogens is 1. The lowest BCUT2D eigenvalue weighted by Crippen LogP contribution is -2.28. The summed E-state index contributed by atoms with van der Waals surface area (Å²) in [6.45, 7) is 0.360. The van der Waals surface area contributed by atoms with Gasteiger partial charge in [-0.25, -0.2) is 4.98 Å². The van der Waals surface area contributed by atoms with Crippen LogP contribution in [0, 0.1) is 5.92 Å². The van der Waals surface area contributed by atoms with E-state index in [1.165, 1.54) is 0 Å². The third-order valence-electron chi connectivity index (χ3n) is 4.32. The Hall–Kier alpha value is -2.86. The summed E-state index contributed by atoms with van der Waals surface area (Å²) in [6, 6.07) is 12.5. The van der Waals surface area contributed by atoms with Crippen molar-refractivity contribution >= 4 is 45.8 Å². The van der Waals surface area contributed by atoms with E-state index in [1.807, 2.05) is 12.1 Å². The Morgan fingerprint density at radius 1 is 1.24 bits per heavy atom. The maximum Gasteiger partial charge on any atom is 0.229 e. The molecule has 2 N–H and O–H groups in total. The Bertz CT molecular complexity index is 951. The van der Waals surface area contributed by atoms with E-state index >= 15 is 0 Å². The van der Waals surface area contributed by atoms with E-state index in [2.05, 4.69) is 15.3 Å². The molecule has 1 saturated heterocycles. The first-order chi connectivity index (χ1) is 12.1. The van der Waals surface area contributed by atoms with Gasteiger partial charge in [0.1, 0.15) is 0 Å². The Labute approximate surface area is 148 Å². The molecule has 6 nitrogen and oxygen atoms in total. The molecule has 2 heterocycles. The summed E-state index contributed by atoms with van der Waals surface area (Å²) in [5.74, 6) is -0.615. The van der Waals surface area contributed by atoms with Gasteiger partial charge in [0, 0.05) is 29.4 Å². The summed E-state index contributed by atoms with van der Waals surface area (Å²) in [7, 11) is 0. The number of carbonyl (C=O) groups excluding carboxylic acids is 2. The molecule has 0 radical (unpaired) electrons. The van der Waals surface area contributed by atoms with Gasteiger partial charge >= 0.3 is 0 Å². The second kappa shape index (κ2) is 6.22. The van der Waals surface area contributed by atoms with Crippen molar-refractivity contribution in [3.8, 4) is 0 Å². The Morgan fingerprint density at radius 2 is 2.04 bits per heavy atom. The van der Waals surface area contributed by atoms with Crippen molar-refractivity contribution < 1.29 is 9.59 Å². The zero-order valence-electron chi connectivity index (χ0n) is 13.2. The van der Waals surface area contributed by atoms with Crippen LogP contribution in [-0.4, -0.2) is 28.3 Å². The zero-order chi connectivity index (χ0) is 17.4. The topological polar surface area (TPSA) is 78.1 Å². The summed E-state index contributed by atoms with van der Waals surface area (Å²) in [5, 5.41) is 3.49. The fourth-order valence-electron chi connectivity index (χ4n) is 3.01. The molecular weight excluding hydrogens is 340 g/mol. The predicted molar refractivity (Wildman–Crippen MR) is 96.6 cm³/mol. The van der Waals surface area contributed by atoms with Gasteiger partial charge < -0.3 is 15.2 Å². The minimum absolute atomic E-state index is 0.0634. The first-order valence-corrected chi connectivity index (χ1v) is 8.28. The lowest BCUT2D eigenvalue weighted by molar-refractivity contribution is -0.122. The van der Waals surface area contributed by atoms with Crippen molar-refractivity contribution in [2.75, 3.05) is 16.8 Å². The Morgan fingerprint density at radius 3 is 2.84 bits per heavy atom. The summed E-state index contributed by atoms with van der Waals surface area (Å²) >= 11 is 5.88. The van der Waals surface area contributed by atoms with Crippen molar-refractivity contribution in [3.05, 3.63) is 53.8 Å². The molecule has 0 spiro atoms. The number of rotatable bonds is 3. The van der Waals surface area contributed by atoms with Crippen molar-refractivity contribution in [2.24, 2.45) is 5.92 Å². The molecule has 1 unspecified atom stereocenters. The minimum Gasteiger partial charge on any atom is -0.345 e. The maximum atomic E-state index is 12.5. The number of carbonyl (C=O) groups is 2. The number of imidazole rings is 1. The normalized spacial score (nSPS) is 17.2. The van der Waals surface area contributed by atoms with Crippen LogP contribution in [0.25, 0.3) is 11.0 Å². The third kappa shape index (κ3) is 3.08. The van der Waals surface area contributed by atoms with Gasteiger partial charge in [0.25, 0.3) is 0 Å². The number of benzene rings is 2. The van der Waals surface area contributed by atoms with Crippen LogP contribution in [0.2, 0.25) is 5.02 Å². The van der Waals surface area contributed by atoms with Gasteiger partial charge in [0.15, 0.2) is 0 Å². The highest BCUT2D eigenvalue weighted by Gasteiger charge is 2.35. The summed E-state index contributed by atoms with van der Waals surface area (Å²) < 4.78 is 0. The van der Waals surface area contributed by atoms with Crippen molar-refractivity contribution in [3.63, 3.8) is 0 Å². The molecule has 0 bridgehead atoms. The lowest BCUT2D eigenvalue weighted by atomic mass is 10.1. The van der Waals surface area contributed by atoms with E-state index in [9.17, 15) is 9.59 Å². The van der Waals surface area contributed by atoms with Crippen LogP contribution in [0.5, 0.6) is 0 Å². The Kier molecular flexibility index (Phi) is 3.89. The number of hydrogen-bond donors (Lipinski definition) is 2. The van der Waals surface area contributed by atoms with Crippen molar-refractivity contribution in [1.82, 2.24) is 9.97 Å². The number of fused-ring (bicyclic) bond motifs is 1. The lowest BCUT2D eigenvalue weighted by Gasteiger charge is -2.16. The van der Waals surface area contributed by atoms with Crippen LogP contribution in [0.15, 0.2) is 48.8 Å². The number of aromatic nitrogens is 2. The highest BCUT2D eigenvalue weighted by atomic mass is 35.5. The molecule has 4 rings (SSSR count).